The first-order chi connectivity index (χ1) is 14.9. The van der Waals surface area contributed by atoms with Crippen molar-refractivity contribution in [2.45, 2.75) is 25.9 Å². The lowest BCUT2D eigenvalue weighted by atomic mass is 10.1. The molecular weight excluding hydrogens is 443 g/mol. The first-order valence-electron chi connectivity index (χ1n) is 9.72. The first-order valence-corrected chi connectivity index (χ1v) is 10.5. The summed E-state index contributed by atoms with van der Waals surface area (Å²) in [7, 11) is 0. The van der Waals surface area contributed by atoms with Gasteiger partial charge in [-0.15, -0.1) is 0 Å². The minimum Gasteiger partial charge on any atom is -0.491 e. The molecule has 0 aliphatic carbocycles. The summed E-state index contributed by atoms with van der Waals surface area (Å²) < 4.78 is 11.3. The van der Waals surface area contributed by atoms with Crippen LogP contribution in [0.4, 0.5) is 4.79 Å². The molecule has 9 heteroatoms. The van der Waals surface area contributed by atoms with Crippen molar-refractivity contribution < 1.29 is 24.2 Å². The van der Waals surface area contributed by atoms with Gasteiger partial charge < -0.3 is 19.9 Å². The number of hydrogen-bond acceptors (Lipinski definition) is 5. The predicted octanol–water partition coefficient (Wildman–Crippen LogP) is 3.94. The van der Waals surface area contributed by atoms with Crippen molar-refractivity contribution in [1.29, 1.82) is 0 Å². The van der Waals surface area contributed by atoms with E-state index in [4.69, 9.17) is 32.7 Å². The highest BCUT2D eigenvalue weighted by Gasteiger charge is 2.22. The summed E-state index contributed by atoms with van der Waals surface area (Å²) in [4.78, 5) is 22.7. The third kappa shape index (κ3) is 6.13. The van der Waals surface area contributed by atoms with Gasteiger partial charge in [-0.25, -0.2) is 4.79 Å². The van der Waals surface area contributed by atoms with Crippen molar-refractivity contribution >= 4 is 41.2 Å². The van der Waals surface area contributed by atoms with Gasteiger partial charge in [0.25, 0.3) is 5.91 Å². The van der Waals surface area contributed by atoms with E-state index >= 15 is 0 Å². The number of carbonyl (C=O) groups is 2. The molecule has 1 saturated heterocycles. The number of nitrogens with one attached hydrogen (secondary N) is 2. The number of aliphatic hydroxyl groups excluding tert-OH is 1. The highest BCUT2D eigenvalue weighted by atomic mass is 35.5. The minimum atomic E-state index is -0.858. The maximum Gasteiger partial charge on any atom is 0.326 e. The van der Waals surface area contributed by atoms with Crippen LogP contribution in [0.15, 0.2) is 42.1 Å². The van der Waals surface area contributed by atoms with E-state index in [9.17, 15) is 14.7 Å². The summed E-state index contributed by atoms with van der Waals surface area (Å²) in [5.74, 6) is 0.663. The Bertz CT molecular complexity index is 992. The molecule has 31 heavy (non-hydrogen) atoms. The Kier molecular flexibility index (Phi) is 7.79. The Morgan fingerprint density at radius 1 is 1.03 bits per heavy atom. The molecule has 1 heterocycles. The molecule has 164 valence electrons. The third-order valence-corrected chi connectivity index (χ3v) is 5.28. The standard InChI is InChI=1S/C22H22Cl2N2O5/c1-2-3-16-19(9-8-17(23)20(16)24)31-12-14(27)11-30-15-6-4-13(5-7-15)10-18-21(28)26-22(29)25-18/h4-10,14,27H,2-3,11-12H2,1H3,(H2,25,26,28,29)/b18-10+. The SMILES string of the molecule is CCCc1c(OCC(O)COc2ccc(/C=C3/NC(=O)NC3=O)cc2)ccc(Cl)c1Cl. The van der Waals surface area contributed by atoms with Gasteiger partial charge in [0, 0.05) is 5.56 Å². The van der Waals surface area contributed by atoms with Gasteiger partial charge in [0.05, 0.1) is 10.0 Å². The quantitative estimate of drug-likeness (QED) is 0.385. The van der Waals surface area contributed by atoms with Gasteiger partial charge in [-0.3, -0.25) is 10.1 Å². The molecule has 1 aliphatic rings. The predicted molar refractivity (Wildman–Crippen MR) is 119 cm³/mol. The minimum absolute atomic E-state index is 0.0311. The van der Waals surface area contributed by atoms with Crippen LogP contribution in [-0.4, -0.2) is 36.4 Å². The lowest BCUT2D eigenvalue weighted by molar-refractivity contribution is -0.115. The number of carbonyl (C=O) groups excluding carboxylic acids is 2. The zero-order valence-corrected chi connectivity index (χ0v) is 18.3. The summed E-state index contributed by atoms with van der Waals surface area (Å²) in [6, 6.07) is 9.73. The van der Waals surface area contributed by atoms with Crippen molar-refractivity contribution in [2.24, 2.45) is 0 Å². The Morgan fingerprint density at radius 3 is 2.39 bits per heavy atom. The van der Waals surface area contributed by atoms with E-state index in [1.165, 1.54) is 0 Å². The fourth-order valence-corrected chi connectivity index (χ4v) is 3.36. The molecule has 3 rings (SSSR count). The lowest BCUT2D eigenvalue weighted by Gasteiger charge is -2.17. The average Bonchev–Trinajstić information content (AvgIpc) is 3.07. The molecule has 0 spiro atoms. The molecule has 2 aromatic rings. The van der Waals surface area contributed by atoms with E-state index < -0.39 is 18.0 Å². The molecule has 0 bridgehead atoms. The molecule has 3 N–H and O–H groups in total. The van der Waals surface area contributed by atoms with Crippen LogP contribution in [0.5, 0.6) is 11.5 Å². The van der Waals surface area contributed by atoms with E-state index in [-0.39, 0.29) is 18.9 Å². The summed E-state index contributed by atoms with van der Waals surface area (Å²) in [5.41, 5.74) is 1.71. The number of ether oxygens (including phenoxy) is 2. The maximum atomic E-state index is 11.5. The fourth-order valence-electron chi connectivity index (χ4n) is 2.93. The van der Waals surface area contributed by atoms with Gasteiger partial charge in [0.1, 0.15) is 36.5 Å². The average molecular weight is 465 g/mol. The number of aliphatic hydroxyl groups is 1. The summed E-state index contributed by atoms with van der Waals surface area (Å²) >= 11 is 12.3. The summed E-state index contributed by atoms with van der Waals surface area (Å²) in [5, 5.41) is 15.7. The molecule has 2 aromatic carbocycles. The van der Waals surface area contributed by atoms with Crippen molar-refractivity contribution in [1.82, 2.24) is 10.6 Å². The molecule has 1 atom stereocenters. The molecule has 0 radical (unpaired) electrons. The number of amides is 3. The number of benzene rings is 2. The number of rotatable bonds is 9. The molecule has 1 unspecified atom stereocenters. The van der Waals surface area contributed by atoms with Crippen LogP contribution >= 0.6 is 23.2 Å². The van der Waals surface area contributed by atoms with Crippen molar-refractivity contribution in [3.8, 4) is 11.5 Å². The molecule has 0 aromatic heterocycles. The van der Waals surface area contributed by atoms with Gasteiger partial charge >= 0.3 is 6.03 Å². The van der Waals surface area contributed by atoms with Gasteiger partial charge in [0.15, 0.2) is 0 Å². The van der Waals surface area contributed by atoms with Crippen LogP contribution in [0.3, 0.4) is 0 Å². The van der Waals surface area contributed by atoms with Crippen LogP contribution in [0.25, 0.3) is 6.08 Å². The Hall–Kier alpha value is -2.74. The van der Waals surface area contributed by atoms with E-state index in [1.54, 1.807) is 42.5 Å². The van der Waals surface area contributed by atoms with Crippen molar-refractivity contribution in [3.05, 3.63) is 63.3 Å². The lowest BCUT2D eigenvalue weighted by Crippen LogP contribution is -2.25. The van der Waals surface area contributed by atoms with Gasteiger partial charge in [0.2, 0.25) is 0 Å². The van der Waals surface area contributed by atoms with Crippen LogP contribution in [0.2, 0.25) is 10.0 Å². The molecule has 0 saturated carbocycles. The molecule has 3 amide bonds. The third-order valence-electron chi connectivity index (χ3n) is 4.44. The highest BCUT2D eigenvalue weighted by Crippen LogP contribution is 2.34. The summed E-state index contributed by atoms with van der Waals surface area (Å²) in [6.45, 7) is 2.10. The van der Waals surface area contributed by atoms with Crippen LogP contribution in [0.1, 0.15) is 24.5 Å². The topological polar surface area (TPSA) is 96.9 Å². The molecular formula is C22H22Cl2N2O5. The first kappa shape index (κ1) is 22.9. The van der Waals surface area contributed by atoms with E-state index in [2.05, 4.69) is 10.6 Å². The monoisotopic (exact) mass is 464 g/mol. The molecule has 1 aliphatic heterocycles. The van der Waals surface area contributed by atoms with Crippen LogP contribution < -0.4 is 20.1 Å². The number of imide groups is 1. The summed E-state index contributed by atoms with van der Waals surface area (Å²) in [6.07, 6.45) is 2.29. The second-order valence-corrected chi connectivity index (χ2v) is 7.68. The highest BCUT2D eigenvalue weighted by molar-refractivity contribution is 6.42. The number of urea groups is 1. The van der Waals surface area contributed by atoms with E-state index in [1.807, 2.05) is 6.92 Å². The van der Waals surface area contributed by atoms with Crippen molar-refractivity contribution in [3.63, 3.8) is 0 Å². The largest absolute Gasteiger partial charge is 0.491 e. The molecule has 7 nitrogen and oxygen atoms in total. The van der Waals surface area contributed by atoms with Gasteiger partial charge in [-0.2, -0.15) is 0 Å². The number of hydrogen-bond donors (Lipinski definition) is 3. The van der Waals surface area contributed by atoms with Gasteiger partial charge in [-0.1, -0.05) is 48.7 Å². The second-order valence-electron chi connectivity index (χ2n) is 6.90. The van der Waals surface area contributed by atoms with Gasteiger partial charge in [-0.05, 0) is 42.3 Å². The smallest absolute Gasteiger partial charge is 0.326 e. The Balaban J connectivity index is 1.52. The Morgan fingerprint density at radius 2 is 1.74 bits per heavy atom. The van der Waals surface area contributed by atoms with Crippen molar-refractivity contribution in [2.75, 3.05) is 13.2 Å². The van der Waals surface area contributed by atoms with Crippen LogP contribution in [-0.2, 0) is 11.2 Å². The second kappa shape index (κ2) is 10.5. The number of halogens is 2. The van der Waals surface area contributed by atoms with E-state index in [0.29, 0.717) is 27.1 Å². The normalized spacial score (nSPS) is 15.5. The van der Waals surface area contributed by atoms with Crippen LogP contribution in [0, 0.1) is 0 Å². The maximum absolute atomic E-state index is 11.5. The molecule has 1 fully saturated rings. The zero-order valence-electron chi connectivity index (χ0n) is 16.8. The Labute approximate surface area is 189 Å². The fraction of sp³-hybridized carbons (Fsp3) is 0.273. The van der Waals surface area contributed by atoms with E-state index in [0.717, 1.165) is 18.4 Å². The zero-order chi connectivity index (χ0) is 22.4.